The lowest BCUT2D eigenvalue weighted by Gasteiger charge is -2.53. The van der Waals surface area contributed by atoms with Crippen molar-refractivity contribution in [3.63, 3.8) is 0 Å². The third kappa shape index (κ3) is 7.75. The van der Waals surface area contributed by atoms with Crippen molar-refractivity contribution >= 4 is 11.9 Å². The molecule has 0 N–H and O–H groups in total. The lowest BCUT2D eigenvalue weighted by Crippen LogP contribution is -2.50. The molecular weight excluding hydrogens is 624 g/mol. The molecule has 5 unspecified atom stereocenters. The van der Waals surface area contributed by atoms with Crippen molar-refractivity contribution in [3.05, 3.63) is 59.7 Å². The summed E-state index contributed by atoms with van der Waals surface area (Å²) in [5.41, 5.74) is 2.97. The van der Waals surface area contributed by atoms with Crippen LogP contribution in [-0.2, 0) is 19.1 Å². The zero-order chi connectivity index (χ0) is 35.6. The van der Waals surface area contributed by atoms with Crippen LogP contribution in [-0.4, -0.2) is 37.4 Å². The van der Waals surface area contributed by atoms with Gasteiger partial charge in [-0.2, -0.15) is 0 Å². The summed E-state index contributed by atoms with van der Waals surface area (Å²) in [5, 5.41) is 0. The molecule has 6 fully saturated rings. The lowest BCUT2D eigenvalue weighted by molar-refractivity contribution is -0.172. The van der Waals surface area contributed by atoms with Gasteiger partial charge in [0.1, 0.15) is 23.7 Å². The number of benzene rings is 2. The highest BCUT2D eigenvalue weighted by Gasteiger charge is 2.63. The predicted molar refractivity (Wildman–Crippen MR) is 197 cm³/mol. The van der Waals surface area contributed by atoms with Crippen LogP contribution in [0.1, 0.15) is 136 Å². The van der Waals surface area contributed by atoms with Gasteiger partial charge in [-0.1, -0.05) is 72.7 Å². The number of hydrogen-bond acceptors (Lipinski definition) is 6. The van der Waals surface area contributed by atoms with Crippen molar-refractivity contribution in [2.45, 2.75) is 137 Å². The van der Waals surface area contributed by atoms with E-state index in [1.54, 1.807) is 0 Å². The number of ether oxygens (including phenoxy) is 4. The Balaban J connectivity index is 0.000000173. The zero-order valence-corrected chi connectivity index (χ0v) is 31.7. The van der Waals surface area contributed by atoms with Gasteiger partial charge in [0.2, 0.25) is 0 Å². The molecule has 0 amide bonds. The van der Waals surface area contributed by atoms with Crippen LogP contribution < -0.4 is 9.47 Å². The number of rotatable bonds is 12. The Labute approximate surface area is 301 Å². The first kappa shape index (κ1) is 36.8. The number of carbonyl (C=O) groups excluding carboxylic acids is 2. The van der Waals surface area contributed by atoms with E-state index in [1.165, 1.54) is 49.7 Å². The molecule has 6 nitrogen and oxygen atoms in total. The fraction of sp³-hybridized carbons (Fsp3) is 0.682. The standard InChI is InChI=1S/C22H30O3.C22H32O3/c1-3-14(2)17-4-6-20(7-5-17)24-13-21(23)25-22-18-9-15-8-16(11-18)12-19(22)10-15;1-6-15(2)16-7-9-18(10-8-16)24-14-20(23)25-19-13-17-11-12-22(19,5)21(17,3)4/h4-7,14-16,18-19,22H,3,8-13H2,1-2H3;7-10,15,17,19H,6,11-14H2,1-5H3. The van der Waals surface area contributed by atoms with Gasteiger partial charge in [0.05, 0.1) is 0 Å². The Bertz CT molecular complexity index is 1420. The van der Waals surface area contributed by atoms with Gasteiger partial charge in [-0.3, -0.25) is 0 Å². The molecule has 2 aromatic carbocycles. The smallest absolute Gasteiger partial charge is 0.344 e. The molecule has 274 valence electrons. The van der Waals surface area contributed by atoms with E-state index in [4.69, 9.17) is 18.9 Å². The predicted octanol–water partition coefficient (Wildman–Crippen LogP) is 10.3. The van der Waals surface area contributed by atoms with Crippen molar-refractivity contribution in [2.24, 2.45) is 40.4 Å². The second-order valence-electron chi connectivity index (χ2n) is 17.3. The summed E-state index contributed by atoms with van der Waals surface area (Å²) < 4.78 is 23.0. The molecule has 0 saturated heterocycles. The van der Waals surface area contributed by atoms with E-state index in [-0.39, 0.29) is 48.2 Å². The summed E-state index contributed by atoms with van der Waals surface area (Å²) in [7, 11) is 0. The van der Waals surface area contributed by atoms with Gasteiger partial charge in [0, 0.05) is 5.41 Å². The molecule has 0 aliphatic heterocycles. The molecule has 6 heteroatoms. The van der Waals surface area contributed by atoms with Crippen LogP contribution in [0.25, 0.3) is 0 Å². The minimum atomic E-state index is -0.249. The Morgan fingerprint density at radius 2 is 1.14 bits per heavy atom. The molecule has 0 aromatic heterocycles. The topological polar surface area (TPSA) is 71.1 Å². The molecular formula is C44H62O6. The van der Waals surface area contributed by atoms with E-state index in [2.05, 4.69) is 72.7 Å². The van der Waals surface area contributed by atoms with Crippen molar-refractivity contribution in [1.29, 1.82) is 0 Å². The fourth-order valence-electron chi connectivity index (χ4n) is 10.3. The van der Waals surface area contributed by atoms with Crippen molar-refractivity contribution < 1.29 is 28.5 Å². The lowest BCUT2D eigenvalue weighted by atomic mass is 9.55. The average molecular weight is 687 g/mol. The molecule has 6 aliphatic carbocycles. The second-order valence-corrected chi connectivity index (χ2v) is 17.3. The average Bonchev–Trinajstić information content (AvgIpc) is 3.45. The minimum absolute atomic E-state index is 0.0135. The van der Waals surface area contributed by atoms with Gasteiger partial charge in [0.25, 0.3) is 0 Å². The Morgan fingerprint density at radius 3 is 1.54 bits per heavy atom. The van der Waals surface area contributed by atoms with E-state index in [1.807, 2.05) is 24.3 Å². The maximum absolute atomic E-state index is 12.3. The zero-order valence-electron chi connectivity index (χ0n) is 31.7. The molecule has 0 spiro atoms. The highest BCUT2D eigenvalue weighted by Crippen LogP contribution is 2.66. The van der Waals surface area contributed by atoms with Crippen molar-refractivity contribution in [2.75, 3.05) is 13.2 Å². The van der Waals surface area contributed by atoms with Crippen LogP contribution in [0.15, 0.2) is 48.5 Å². The number of esters is 2. The van der Waals surface area contributed by atoms with Crippen molar-refractivity contribution in [3.8, 4) is 11.5 Å². The Kier molecular flexibility index (Phi) is 11.2. The van der Waals surface area contributed by atoms with Gasteiger partial charge in [-0.05, 0) is 146 Å². The quantitative estimate of drug-likeness (QED) is 0.207. The van der Waals surface area contributed by atoms with Gasteiger partial charge in [0.15, 0.2) is 13.2 Å². The van der Waals surface area contributed by atoms with E-state index in [0.717, 1.165) is 49.0 Å². The second kappa shape index (κ2) is 15.3. The molecule has 0 radical (unpaired) electrons. The first-order valence-electron chi connectivity index (χ1n) is 19.7. The van der Waals surface area contributed by atoms with Crippen LogP contribution in [0.2, 0.25) is 0 Å². The summed E-state index contributed by atoms with van der Waals surface area (Å²) >= 11 is 0. The fourth-order valence-corrected chi connectivity index (χ4v) is 10.3. The normalized spacial score (nSPS) is 32.4. The third-order valence-corrected chi connectivity index (χ3v) is 14.2. The molecule has 6 aliphatic rings. The van der Waals surface area contributed by atoms with E-state index in [0.29, 0.717) is 29.6 Å². The number of hydrogen-bond donors (Lipinski definition) is 0. The summed E-state index contributed by atoms with van der Waals surface area (Å²) in [5.74, 6) is 5.79. The van der Waals surface area contributed by atoms with E-state index >= 15 is 0 Å². The summed E-state index contributed by atoms with van der Waals surface area (Å²) in [6, 6.07) is 16.1. The molecule has 6 bridgehead atoms. The van der Waals surface area contributed by atoms with Crippen LogP contribution in [0.3, 0.4) is 0 Å². The van der Waals surface area contributed by atoms with Gasteiger partial charge in [-0.15, -0.1) is 0 Å². The highest BCUT2D eigenvalue weighted by atomic mass is 16.6. The number of carbonyl (C=O) groups is 2. The molecule has 5 atom stereocenters. The summed E-state index contributed by atoms with van der Waals surface area (Å²) in [6.07, 6.45) is 12.3. The molecule has 2 aromatic rings. The SMILES string of the molecule is CCC(C)c1ccc(OCC(=O)OC2C3CC4CC(C3)CC2C4)cc1.CCC(C)c1ccc(OCC(=O)OC2CC3CCC2(C)C3(C)C)cc1. The van der Waals surface area contributed by atoms with Crippen LogP contribution in [0, 0.1) is 40.4 Å². The Morgan fingerprint density at radius 1 is 0.680 bits per heavy atom. The van der Waals surface area contributed by atoms with Gasteiger partial charge < -0.3 is 18.9 Å². The van der Waals surface area contributed by atoms with E-state index < -0.39 is 0 Å². The van der Waals surface area contributed by atoms with Gasteiger partial charge >= 0.3 is 11.9 Å². The first-order valence-corrected chi connectivity index (χ1v) is 19.7. The van der Waals surface area contributed by atoms with Crippen LogP contribution in [0.4, 0.5) is 0 Å². The van der Waals surface area contributed by atoms with Crippen LogP contribution in [0.5, 0.6) is 11.5 Å². The first-order chi connectivity index (χ1) is 23.9. The monoisotopic (exact) mass is 686 g/mol. The summed E-state index contributed by atoms with van der Waals surface area (Å²) in [4.78, 5) is 24.6. The highest BCUT2D eigenvalue weighted by molar-refractivity contribution is 5.72. The third-order valence-electron chi connectivity index (χ3n) is 14.2. The number of fused-ring (bicyclic) bond motifs is 2. The van der Waals surface area contributed by atoms with E-state index in [9.17, 15) is 9.59 Å². The molecule has 6 saturated carbocycles. The molecule has 0 heterocycles. The Hall–Kier alpha value is -3.02. The van der Waals surface area contributed by atoms with Crippen molar-refractivity contribution in [1.82, 2.24) is 0 Å². The minimum Gasteiger partial charge on any atom is -0.482 e. The largest absolute Gasteiger partial charge is 0.482 e. The van der Waals surface area contributed by atoms with Crippen LogP contribution >= 0.6 is 0 Å². The van der Waals surface area contributed by atoms with Gasteiger partial charge in [-0.25, -0.2) is 9.59 Å². The molecule has 50 heavy (non-hydrogen) atoms. The summed E-state index contributed by atoms with van der Waals surface area (Å²) in [6.45, 7) is 15.8. The molecule has 8 rings (SSSR count). The maximum Gasteiger partial charge on any atom is 0.344 e. The maximum atomic E-state index is 12.3.